The molecule has 0 heterocycles. The third-order valence-corrected chi connectivity index (χ3v) is 3.01. The molecule has 0 spiro atoms. The molecule has 21 heavy (non-hydrogen) atoms. The van der Waals surface area contributed by atoms with Gasteiger partial charge in [-0.1, -0.05) is 13.8 Å². The van der Waals surface area contributed by atoms with Gasteiger partial charge >= 0.3 is 0 Å². The lowest BCUT2D eigenvalue weighted by Gasteiger charge is -2.15. The van der Waals surface area contributed by atoms with Gasteiger partial charge in [-0.15, -0.1) is 0 Å². The number of anilines is 1. The van der Waals surface area contributed by atoms with Crippen LogP contribution in [-0.4, -0.2) is 37.3 Å². The Hall–Kier alpha value is -2.24. The van der Waals surface area contributed by atoms with Gasteiger partial charge in [0.1, 0.15) is 5.75 Å². The van der Waals surface area contributed by atoms with Crippen LogP contribution in [0.15, 0.2) is 12.1 Å². The highest BCUT2D eigenvalue weighted by Crippen LogP contribution is 2.28. The average molecular weight is 293 g/mol. The maximum absolute atomic E-state index is 11.6. The maximum Gasteiger partial charge on any atom is 0.272 e. The molecule has 0 bridgehead atoms. The Bertz CT molecular complexity index is 539. The van der Waals surface area contributed by atoms with E-state index in [4.69, 9.17) is 21.6 Å². The SMILES string of the molecule is CC(C)Cc1cc(OCC(=O)N(C)C)c(N)c(C(N)=[NH2+])c1. The lowest BCUT2D eigenvalue weighted by molar-refractivity contribution is -0.130. The smallest absolute Gasteiger partial charge is 0.272 e. The zero-order chi connectivity index (χ0) is 16.2. The molecule has 0 unspecified atom stereocenters. The fraction of sp³-hybridized carbons (Fsp3) is 0.467. The molecule has 0 fully saturated rings. The fourth-order valence-electron chi connectivity index (χ4n) is 1.90. The second-order valence-electron chi connectivity index (χ2n) is 5.69. The number of nitrogens with zero attached hydrogens (tertiary/aromatic N) is 1. The maximum atomic E-state index is 11.6. The van der Waals surface area contributed by atoms with Crippen molar-refractivity contribution in [2.24, 2.45) is 11.7 Å². The number of amidine groups is 1. The highest BCUT2D eigenvalue weighted by Gasteiger charge is 2.16. The van der Waals surface area contributed by atoms with Crippen molar-refractivity contribution in [3.8, 4) is 5.75 Å². The van der Waals surface area contributed by atoms with Crippen LogP contribution in [0.1, 0.15) is 25.0 Å². The Labute approximate surface area is 125 Å². The number of rotatable bonds is 6. The Morgan fingerprint density at radius 3 is 2.48 bits per heavy atom. The van der Waals surface area contributed by atoms with E-state index in [1.54, 1.807) is 14.1 Å². The number of amides is 1. The van der Waals surface area contributed by atoms with Crippen LogP contribution in [0.4, 0.5) is 5.69 Å². The van der Waals surface area contributed by atoms with Crippen molar-refractivity contribution < 1.29 is 14.9 Å². The molecule has 6 N–H and O–H groups in total. The molecule has 1 aromatic carbocycles. The number of ether oxygens (including phenoxy) is 1. The first kappa shape index (κ1) is 16.8. The minimum Gasteiger partial charge on any atom is -0.482 e. The van der Waals surface area contributed by atoms with Crippen molar-refractivity contribution in [2.45, 2.75) is 20.3 Å². The molecule has 116 valence electrons. The third-order valence-electron chi connectivity index (χ3n) is 3.01. The number of carbonyl (C=O) groups is 1. The van der Waals surface area contributed by atoms with Gasteiger partial charge < -0.3 is 15.4 Å². The molecule has 0 atom stereocenters. The summed E-state index contributed by atoms with van der Waals surface area (Å²) in [6.45, 7) is 4.15. The Balaban J connectivity index is 3.08. The van der Waals surface area contributed by atoms with Gasteiger partial charge in [-0.2, -0.15) is 0 Å². The van der Waals surface area contributed by atoms with Crippen LogP contribution >= 0.6 is 0 Å². The quantitative estimate of drug-likeness (QED) is 0.370. The largest absolute Gasteiger partial charge is 0.482 e. The number of hydrogen-bond donors (Lipinski definition) is 3. The lowest BCUT2D eigenvalue weighted by atomic mass is 9.99. The van der Waals surface area contributed by atoms with Gasteiger partial charge in [-0.25, -0.2) is 0 Å². The summed E-state index contributed by atoms with van der Waals surface area (Å²) in [6.07, 6.45) is 0.846. The van der Waals surface area contributed by atoms with Crippen molar-refractivity contribution in [1.82, 2.24) is 4.90 Å². The highest BCUT2D eigenvalue weighted by molar-refractivity contribution is 5.99. The number of carbonyl (C=O) groups excluding carboxylic acids is 1. The molecule has 0 aliphatic rings. The molecule has 1 rings (SSSR count). The van der Waals surface area contributed by atoms with E-state index in [2.05, 4.69) is 13.8 Å². The summed E-state index contributed by atoms with van der Waals surface area (Å²) in [5.41, 5.74) is 13.6. The van der Waals surface area contributed by atoms with Crippen LogP contribution in [-0.2, 0) is 11.2 Å². The van der Waals surface area contributed by atoms with Crippen molar-refractivity contribution in [1.29, 1.82) is 0 Å². The van der Waals surface area contributed by atoms with E-state index in [-0.39, 0.29) is 18.3 Å². The number of benzene rings is 1. The summed E-state index contributed by atoms with van der Waals surface area (Å²) in [6, 6.07) is 3.70. The van der Waals surface area contributed by atoms with Crippen LogP contribution in [0, 0.1) is 5.92 Å². The summed E-state index contributed by atoms with van der Waals surface area (Å²) in [5.74, 6) is 0.903. The van der Waals surface area contributed by atoms with E-state index in [9.17, 15) is 4.79 Å². The molecule has 0 aromatic heterocycles. The van der Waals surface area contributed by atoms with E-state index < -0.39 is 0 Å². The van der Waals surface area contributed by atoms with Crippen molar-refractivity contribution >= 4 is 17.4 Å². The van der Waals surface area contributed by atoms with Gasteiger partial charge in [-0.05, 0) is 30.0 Å². The van der Waals surface area contributed by atoms with Crippen LogP contribution in [0.3, 0.4) is 0 Å². The van der Waals surface area contributed by atoms with Gasteiger partial charge in [0.05, 0.1) is 11.3 Å². The van der Waals surface area contributed by atoms with Crippen LogP contribution in [0.5, 0.6) is 5.75 Å². The Morgan fingerprint density at radius 2 is 2.00 bits per heavy atom. The molecular weight excluding hydrogens is 268 g/mol. The van der Waals surface area contributed by atoms with Gasteiger partial charge in [0.15, 0.2) is 6.61 Å². The van der Waals surface area contributed by atoms with E-state index in [1.807, 2.05) is 12.1 Å². The first-order valence-corrected chi connectivity index (χ1v) is 6.86. The summed E-state index contributed by atoms with van der Waals surface area (Å²) >= 11 is 0. The molecule has 1 aromatic rings. The molecule has 0 aliphatic carbocycles. The van der Waals surface area contributed by atoms with Crippen molar-refractivity contribution in [2.75, 3.05) is 26.4 Å². The molecule has 1 amide bonds. The zero-order valence-corrected chi connectivity index (χ0v) is 13.1. The fourth-order valence-corrected chi connectivity index (χ4v) is 1.90. The number of nitrogen functional groups attached to an aromatic ring is 1. The second kappa shape index (κ2) is 6.97. The molecule has 0 aliphatic heterocycles. The summed E-state index contributed by atoms with van der Waals surface area (Å²) in [7, 11) is 3.34. The summed E-state index contributed by atoms with van der Waals surface area (Å²) in [4.78, 5) is 13.1. The number of likely N-dealkylation sites (N-methyl/N-ethyl adjacent to an activating group) is 1. The van der Waals surface area contributed by atoms with Gasteiger partial charge in [0.2, 0.25) is 0 Å². The zero-order valence-electron chi connectivity index (χ0n) is 13.1. The predicted octanol–water partition coefficient (Wildman–Crippen LogP) is -0.601. The van der Waals surface area contributed by atoms with Gasteiger partial charge in [0.25, 0.3) is 11.7 Å². The molecule has 6 heteroatoms. The lowest BCUT2D eigenvalue weighted by Crippen LogP contribution is -2.46. The minimum atomic E-state index is -0.144. The molecule has 6 nitrogen and oxygen atoms in total. The Morgan fingerprint density at radius 1 is 1.38 bits per heavy atom. The first-order chi connectivity index (χ1) is 9.72. The van der Waals surface area contributed by atoms with E-state index in [0.29, 0.717) is 22.9 Å². The molecular formula is C15H25N4O2+. The van der Waals surface area contributed by atoms with Crippen LogP contribution in [0.25, 0.3) is 0 Å². The van der Waals surface area contributed by atoms with Crippen LogP contribution < -0.4 is 21.6 Å². The molecule has 0 radical (unpaired) electrons. The molecule has 0 saturated carbocycles. The third kappa shape index (κ3) is 4.66. The van der Waals surface area contributed by atoms with Gasteiger partial charge in [0, 0.05) is 14.1 Å². The number of nitrogens with two attached hydrogens (primary N) is 3. The monoisotopic (exact) mass is 293 g/mol. The van der Waals surface area contributed by atoms with Crippen molar-refractivity contribution in [3.05, 3.63) is 23.3 Å². The van der Waals surface area contributed by atoms with E-state index >= 15 is 0 Å². The summed E-state index contributed by atoms with van der Waals surface area (Å²) < 4.78 is 5.53. The molecule has 0 saturated heterocycles. The highest BCUT2D eigenvalue weighted by atomic mass is 16.5. The average Bonchev–Trinajstić information content (AvgIpc) is 2.37. The second-order valence-corrected chi connectivity index (χ2v) is 5.69. The van der Waals surface area contributed by atoms with E-state index in [0.717, 1.165) is 12.0 Å². The Kier molecular flexibility index (Phi) is 5.58. The minimum absolute atomic E-state index is 0.0771. The first-order valence-electron chi connectivity index (χ1n) is 6.86. The van der Waals surface area contributed by atoms with Crippen LogP contribution in [0.2, 0.25) is 0 Å². The van der Waals surface area contributed by atoms with Crippen molar-refractivity contribution in [3.63, 3.8) is 0 Å². The standard InChI is InChI=1S/C15H24N4O2/c1-9(2)5-10-6-11(15(17)18)14(16)12(7-10)21-8-13(20)19(3)4/h6-7,9H,5,8,16H2,1-4H3,(H3,17,18)/p+1. The topological polar surface area (TPSA) is 107 Å². The number of hydrogen-bond acceptors (Lipinski definition) is 3. The van der Waals surface area contributed by atoms with Gasteiger partial charge in [-0.3, -0.25) is 15.9 Å². The summed E-state index contributed by atoms with van der Waals surface area (Å²) in [5, 5.41) is 5.67. The van der Waals surface area contributed by atoms with E-state index in [1.165, 1.54) is 4.90 Å². The predicted molar refractivity (Wildman–Crippen MR) is 83.8 cm³/mol. The normalized spacial score (nSPS) is 10.5.